The van der Waals surface area contributed by atoms with Crippen molar-refractivity contribution in [3.05, 3.63) is 70.8 Å². The van der Waals surface area contributed by atoms with Crippen molar-refractivity contribution in [2.75, 3.05) is 7.11 Å². The molecule has 2 aromatic carbocycles. The maximum Gasteiger partial charge on any atom is 0.573 e. The van der Waals surface area contributed by atoms with Crippen LogP contribution in [0.25, 0.3) is 6.08 Å². The van der Waals surface area contributed by atoms with Gasteiger partial charge in [0.25, 0.3) is 5.91 Å². The van der Waals surface area contributed by atoms with Gasteiger partial charge in [0.05, 0.1) is 7.11 Å². The van der Waals surface area contributed by atoms with Gasteiger partial charge < -0.3 is 14.2 Å². The van der Waals surface area contributed by atoms with E-state index in [0.717, 1.165) is 17.2 Å². The van der Waals surface area contributed by atoms with Crippen LogP contribution in [0, 0.1) is 0 Å². The Labute approximate surface area is 183 Å². The third-order valence-corrected chi connectivity index (χ3v) is 4.25. The van der Waals surface area contributed by atoms with Crippen LogP contribution in [0.15, 0.2) is 54.1 Å². The summed E-state index contributed by atoms with van der Waals surface area (Å²) in [5.74, 6) is -0.0157. The van der Waals surface area contributed by atoms with Gasteiger partial charge in [0.1, 0.15) is 23.9 Å². The van der Waals surface area contributed by atoms with Gasteiger partial charge in [-0.25, -0.2) is 5.48 Å². The first-order valence-electron chi connectivity index (χ1n) is 9.55. The van der Waals surface area contributed by atoms with Crippen molar-refractivity contribution >= 4 is 12.0 Å². The van der Waals surface area contributed by atoms with Gasteiger partial charge >= 0.3 is 6.36 Å². The highest BCUT2D eigenvalue weighted by Gasteiger charge is 2.30. The van der Waals surface area contributed by atoms with Gasteiger partial charge in [-0.3, -0.25) is 10.0 Å². The number of carbonyl (C=O) groups excluding carboxylic acids is 1. The predicted octanol–water partition coefficient (Wildman–Crippen LogP) is 5.20. The lowest BCUT2D eigenvalue weighted by Gasteiger charge is -2.17. The van der Waals surface area contributed by atoms with E-state index < -0.39 is 12.3 Å². The fourth-order valence-corrected chi connectivity index (χ4v) is 2.77. The van der Waals surface area contributed by atoms with Crippen molar-refractivity contribution in [3.63, 3.8) is 0 Å². The Morgan fingerprint density at radius 2 is 1.81 bits per heavy atom. The first-order chi connectivity index (χ1) is 15.1. The van der Waals surface area contributed by atoms with E-state index in [1.54, 1.807) is 12.1 Å². The smallest absolute Gasteiger partial charge is 0.496 e. The number of methoxy groups -OCH3 is 1. The quantitative estimate of drug-likeness (QED) is 0.237. The molecule has 0 radical (unpaired) electrons. The molecular weight excluding hydrogens is 427 g/mol. The fourth-order valence-electron chi connectivity index (χ4n) is 2.77. The third-order valence-electron chi connectivity index (χ3n) is 4.25. The second-order valence-corrected chi connectivity index (χ2v) is 6.94. The van der Waals surface area contributed by atoms with Gasteiger partial charge in [-0.15, -0.1) is 13.2 Å². The number of hydrogen-bond acceptors (Lipinski definition) is 5. The molecule has 0 aromatic heterocycles. The molecule has 172 valence electrons. The molecule has 2 N–H and O–H groups in total. The number of amides is 1. The van der Waals surface area contributed by atoms with Crippen LogP contribution in [0.3, 0.4) is 0 Å². The van der Waals surface area contributed by atoms with Crippen LogP contribution in [0.4, 0.5) is 13.2 Å². The summed E-state index contributed by atoms with van der Waals surface area (Å²) < 4.78 is 52.4. The minimum Gasteiger partial charge on any atom is -0.496 e. The van der Waals surface area contributed by atoms with Gasteiger partial charge in [-0.1, -0.05) is 23.8 Å². The number of hydrogen-bond donors (Lipinski definition) is 2. The predicted molar refractivity (Wildman–Crippen MR) is 113 cm³/mol. The molecule has 32 heavy (non-hydrogen) atoms. The lowest BCUT2D eigenvalue weighted by molar-refractivity contribution is -0.274. The number of allylic oxidation sites excluding steroid dienone is 2. The molecule has 0 atom stereocenters. The van der Waals surface area contributed by atoms with Crippen LogP contribution in [0.5, 0.6) is 17.2 Å². The molecule has 0 aliphatic rings. The molecule has 0 saturated carbocycles. The third kappa shape index (κ3) is 7.66. The Hall–Kier alpha value is -3.46. The highest BCUT2D eigenvalue weighted by Crippen LogP contribution is 2.35. The van der Waals surface area contributed by atoms with Crippen LogP contribution in [0.1, 0.15) is 30.5 Å². The van der Waals surface area contributed by atoms with E-state index in [9.17, 15) is 18.0 Å². The molecule has 0 heterocycles. The molecule has 0 spiro atoms. The van der Waals surface area contributed by atoms with Crippen LogP contribution in [-0.2, 0) is 17.8 Å². The van der Waals surface area contributed by atoms with Crippen molar-refractivity contribution in [3.8, 4) is 17.2 Å². The summed E-state index contributed by atoms with van der Waals surface area (Å²) in [4.78, 5) is 11.4. The maximum absolute atomic E-state index is 12.3. The molecule has 0 fully saturated rings. The number of ether oxygens (including phenoxy) is 3. The summed E-state index contributed by atoms with van der Waals surface area (Å²) in [6.07, 6.45) is 0.338. The Morgan fingerprint density at radius 1 is 1.12 bits per heavy atom. The van der Waals surface area contributed by atoms with Crippen LogP contribution >= 0.6 is 0 Å². The number of nitrogens with one attached hydrogen (secondary N) is 1. The first-order valence-corrected chi connectivity index (χ1v) is 9.55. The molecule has 2 rings (SSSR count). The van der Waals surface area contributed by atoms with Crippen LogP contribution < -0.4 is 19.7 Å². The Morgan fingerprint density at radius 3 is 2.38 bits per heavy atom. The fraction of sp³-hybridized carbons (Fsp3) is 0.261. The van der Waals surface area contributed by atoms with E-state index in [2.05, 4.69) is 4.74 Å². The number of halogens is 3. The average molecular weight is 451 g/mol. The summed E-state index contributed by atoms with van der Waals surface area (Å²) in [5, 5.41) is 8.72. The number of rotatable bonds is 9. The number of alkyl halides is 3. The van der Waals surface area contributed by atoms with E-state index in [-0.39, 0.29) is 12.4 Å². The summed E-state index contributed by atoms with van der Waals surface area (Å²) >= 11 is 0. The zero-order valence-electron chi connectivity index (χ0n) is 17.8. The summed E-state index contributed by atoms with van der Waals surface area (Å²) in [6.45, 7) is 3.95. The Kier molecular flexibility index (Phi) is 8.71. The van der Waals surface area contributed by atoms with Crippen molar-refractivity contribution in [1.29, 1.82) is 0 Å². The normalized spacial score (nSPS) is 11.2. The van der Waals surface area contributed by atoms with Crippen molar-refractivity contribution in [2.45, 2.75) is 33.2 Å². The lowest BCUT2D eigenvalue weighted by atomic mass is 10.0. The lowest BCUT2D eigenvalue weighted by Crippen LogP contribution is -2.17. The Bertz CT molecular complexity index is 978. The molecule has 0 bridgehead atoms. The van der Waals surface area contributed by atoms with E-state index in [4.69, 9.17) is 14.7 Å². The van der Waals surface area contributed by atoms with Gasteiger partial charge in [0.15, 0.2) is 0 Å². The number of hydroxylamine groups is 1. The molecule has 0 unspecified atom stereocenters. The zero-order valence-corrected chi connectivity index (χ0v) is 17.8. The Balaban J connectivity index is 2.36. The summed E-state index contributed by atoms with van der Waals surface area (Å²) in [6, 6.07) is 8.77. The van der Waals surface area contributed by atoms with Gasteiger partial charge in [0, 0.05) is 17.2 Å². The summed E-state index contributed by atoms with van der Waals surface area (Å²) in [7, 11) is 1.53. The minimum atomic E-state index is -4.76. The highest BCUT2D eigenvalue weighted by atomic mass is 19.4. The summed E-state index contributed by atoms with van der Waals surface area (Å²) in [5.41, 5.74) is 4.50. The number of benzene rings is 2. The topological polar surface area (TPSA) is 77.0 Å². The number of carbonyl (C=O) groups is 1. The maximum atomic E-state index is 12.3. The molecule has 9 heteroatoms. The second kappa shape index (κ2) is 11.2. The van der Waals surface area contributed by atoms with Crippen LogP contribution in [-0.4, -0.2) is 24.6 Å². The molecule has 1 amide bonds. The molecule has 0 aliphatic heterocycles. The molecule has 0 aliphatic carbocycles. The van der Waals surface area contributed by atoms with Gasteiger partial charge in [0.2, 0.25) is 0 Å². The van der Waals surface area contributed by atoms with Gasteiger partial charge in [-0.05, 0) is 56.2 Å². The zero-order chi connectivity index (χ0) is 23.7. The van der Waals surface area contributed by atoms with E-state index in [1.165, 1.54) is 42.9 Å². The van der Waals surface area contributed by atoms with Gasteiger partial charge in [-0.2, -0.15) is 0 Å². The highest BCUT2D eigenvalue weighted by molar-refractivity contribution is 5.91. The molecule has 2 aromatic rings. The first kappa shape index (κ1) is 24.8. The largest absolute Gasteiger partial charge is 0.573 e. The minimum absolute atomic E-state index is 0.0499. The van der Waals surface area contributed by atoms with Crippen LogP contribution in [0.2, 0.25) is 0 Å². The van der Waals surface area contributed by atoms with Crippen molar-refractivity contribution < 1.29 is 37.4 Å². The second-order valence-electron chi connectivity index (χ2n) is 6.94. The molecular formula is C23H24F3NO5. The van der Waals surface area contributed by atoms with Crippen molar-refractivity contribution in [2.24, 2.45) is 0 Å². The monoisotopic (exact) mass is 451 g/mol. The average Bonchev–Trinajstić information content (AvgIpc) is 2.74. The molecule has 6 nitrogen and oxygen atoms in total. The molecule has 0 saturated heterocycles. The SMILES string of the molecule is COc1ccc(C=CC(=O)NO)c(OCc2ccc(OC(F)(F)F)cc2)c1CC=C(C)C. The van der Waals surface area contributed by atoms with E-state index in [1.807, 2.05) is 19.9 Å². The van der Waals surface area contributed by atoms with Crippen molar-refractivity contribution in [1.82, 2.24) is 5.48 Å². The standard InChI is InChI=1S/C23H24F3NO5/c1-15(2)4-11-19-20(30-3)12-7-17(8-13-21(28)27-29)22(19)31-14-16-5-9-18(10-6-16)32-23(24,25)26/h4-10,12-13,29H,11,14H2,1-3H3,(H,27,28). The van der Waals surface area contributed by atoms with E-state index >= 15 is 0 Å². The van der Waals surface area contributed by atoms with E-state index in [0.29, 0.717) is 29.0 Å².